The summed E-state index contributed by atoms with van der Waals surface area (Å²) < 4.78 is 23.0. The van der Waals surface area contributed by atoms with Gasteiger partial charge < -0.3 is 5.32 Å². The van der Waals surface area contributed by atoms with Gasteiger partial charge in [0.05, 0.1) is 4.75 Å². The number of hydrogen-bond acceptors (Lipinski definition) is 4. The van der Waals surface area contributed by atoms with E-state index in [1.165, 1.54) is 16.0 Å². The maximum Gasteiger partial charge on any atom is 0.154 e. The van der Waals surface area contributed by atoms with Crippen LogP contribution in [0.4, 0.5) is 0 Å². The Morgan fingerprint density at radius 2 is 1.89 bits per heavy atom. The summed E-state index contributed by atoms with van der Waals surface area (Å²) in [6, 6.07) is 4.16. The monoisotopic (exact) mass is 289 g/mol. The maximum atomic E-state index is 11.9. The fourth-order valence-corrected chi connectivity index (χ4v) is 3.60. The van der Waals surface area contributed by atoms with Gasteiger partial charge in [-0.15, -0.1) is 11.3 Å². The second-order valence-electron chi connectivity index (χ2n) is 5.14. The summed E-state index contributed by atoms with van der Waals surface area (Å²) >= 11 is 1.77. The molecule has 0 aromatic carbocycles. The number of rotatable bonds is 6. The van der Waals surface area contributed by atoms with Crippen LogP contribution in [0.15, 0.2) is 12.1 Å². The molecule has 1 aromatic heterocycles. The van der Waals surface area contributed by atoms with Gasteiger partial charge in [0, 0.05) is 22.1 Å². The minimum atomic E-state index is -3.09. The predicted octanol–water partition coefficient (Wildman–Crippen LogP) is 2.26. The lowest BCUT2D eigenvalue weighted by Crippen LogP contribution is -2.51. The SMILES string of the molecule is CCc1ccc(CC(NC)C(C)(C)S(C)(=O)=O)s1. The number of hydrogen-bond donors (Lipinski definition) is 1. The quantitative estimate of drug-likeness (QED) is 0.874. The zero-order chi connectivity index (χ0) is 14.0. The highest BCUT2D eigenvalue weighted by Crippen LogP contribution is 2.26. The molecule has 0 fully saturated rings. The molecule has 1 unspecified atom stereocenters. The third kappa shape index (κ3) is 3.33. The highest BCUT2D eigenvalue weighted by molar-refractivity contribution is 7.92. The van der Waals surface area contributed by atoms with Gasteiger partial charge in [-0.05, 0) is 45.9 Å². The first-order valence-corrected chi connectivity index (χ1v) is 8.87. The Bertz CT molecular complexity index is 489. The molecule has 1 heterocycles. The van der Waals surface area contributed by atoms with E-state index in [1.54, 1.807) is 25.2 Å². The van der Waals surface area contributed by atoms with Crippen LogP contribution in [-0.4, -0.2) is 32.5 Å². The van der Waals surface area contributed by atoms with Crippen LogP contribution in [0, 0.1) is 0 Å². The highest BCUT2D eigenvalue weighted by Gasteiger charge is 2.38. The van der Waals surface area contributed by atoms with Crippen molar-refractivity contribution >= 4 is 21.2 Å². The van der Waals surface area contributed by atoms with Crippen molar-refractivity contribution in [1.29, 1.82) is 0 Å². The van der Waals surface area contributed by atoms with Crippen LogP contribution in [0.3, 0.4) is 0 Å². The molecule has 1 atom stereocenters. The van der Waals surface area contributed by atoms with Gasteiger partial charge in [0.25, 0.3) is 0 Å². The smallest absolute Gasteiger partial charge is 0.154 e. The van der Waals surface area contributed by atoms with Crippen molar-refractivity contribution in [3.8, 4) is 0 Å². The molecular weight excluding hydrogens is 266 g/mol. The van der Waals surface area contributed by atoms with E-state index >= 15 is 0 Å². The zero-order valence-electron chi connectivity index (χ0n) is 11.8. The second-order valence-corrected chi connectivity index (χ2v) is 8.99. The topological polar surface area (TPSA) is 46.2 Å². The predicted molar refractivity (Wildman–Crippen MR) is 79.2 cm³/mol. The Morgan fingerprint density at radius 1 is 1.33 bits per heavy atom. The molecule has 0 amide bonds. The van der Waals surface area contributed by atoms with E-state index in [9.17, 15) is 8.42 Å². The van der Waals surface area contributed by atoms with Crippen LogP contribution in [0.1, 0.15) is 30.5 Å². The largest absolute Gasteiger partial charge is 0.315 e. The summed E-state index contributed by atoms with van der Waals surface area (Å²) in [5.41, 5.74) is 0. The first kappa shape index (κ1) is 15.7. The maximum absolute atomic E-state index is 11.9. The van der Waals surface area contributed by atoms with Crippen LogP contribution >= 0.6 is 11.3 Å². The van der Waals surface area contributed by atoms with Crippen LogP contribution < -0.4 is 5.32 Å². The average molecular weight is 289 g/mol. The standard InChI is InChI=1S/C13H23NO2S2/c1-6-10-7-8-11(17-10)9-12(14-4)13(2,3)18(5,15)16/h7-8,12,14H,6,9H2,1-5H3. The van der Waals surface area contributed by atoms with Crippen molar-refractivity contribution in [1.82, 2.24) is 5.32 Å². The summed E-state index contributed by atoms with van der Waals surface area (Å²) in [5.74, 6) is 0. The molecule has 1 N–H and O–H groups in total. The van der Waals surface area contributed by atoms with Crippen molar-refractivity contribution in [2.45, 2.75) is 44.4 Å². The lowest BCUT2D eigenvalue weighted by Gasteiger charge is -2.32. The van der Waals surface area contributed by atoms with E-state index in [2.05, 4.69) is 24.4 Å². The first-order chi connectivity index (χ1) is 8.22. The molecule has 3 nitrogen and oxygen atoms in total. The molecule has 18 heavy (non-hydrogen) atoms. The average Bonchev–Trinajstić information content (AvgIpc) is 2.71. The van der Waals surface area contributed by atoms with Gasteiger partial charge >= 0.3 is 0 Å². The van der Waals surface area contributed by atoms with Gasteiger partial charge in [-0.3, -0.25) is 0 Å². The lowest BCUT2D eigenvalue weighted by atomic mass is 9.99. The number of nitrogens with one attached hydrogen (secondary N) is 1. The summed E-state index contributed by atoms with van der Waals surface area (Å²) in [7, 11) is -1.27. The summed E-state index contributed by atoms with van der Waals surface area (Å²) in [4.78, 5) is 2.58. The van der Waals surface area contributed by atoms with Gasteiger partial charge in [0.1, 0.15) is 0 Å². The Balaban J connectivity index is 2.92. The lowest BCUT2D eigenvalue weighted by molar-refractivity contribution is 0.432. The number of likely N-dealkylation sites (N-methyl/N-ethyl adjacent to an activating group) is 1. The molecule has 5 heteroatoms. The van der Waals surface area contributed by atoms with E-state index in [0.29, 0.717) is 0 Å². The molecule has 0 aliphatic carbocycles. The van der Waals surface area contributed by atoms with Gasteiger partial charge in [-0.2, -0.15) is 0 Å². The summed E-state index contributed by atoms with van der Waals surface area (Å²) in [6.07, 6.45) is 3.09. The second kappa shape index (κ2) is 5.72. The van der Waals surface area contributed by atoms with E-state index in [-0.39, 0.29) is 6.04 Å². The fraction of sp³-hybridized carbons (Fsp3) is 0.692. The Morgan fingerprint density at radius 3 is 2.28 bits per heavy atom. The molecule has 0 saturated heterocycles. The summed E-state index contributed by atoms with van der Waals surface area (Å²) in [6.45, 7) is 5.71. The van der Waals surface area contributed by atoms with Gasteiger partial charge in [-0.1, -0.05) is 6.92 Å². The Labute approximate surface area is 115 Å². The Hall–Kier alpha value is -0.390. The molecule has 0 radical (unpaired) electrons. The number of sulfone groups is 1. The zero-order valence-corrected chi connectivity index (χ0v) is 13.4. The van der Waals surface area contributed by atoms with Gasteiger partial charge in [0.15, 0.2) is 9.84 Å². The minimum absolute atomic E-state index is 0.0733. The molecule has 0 bridgehead atoms. The van der Waals surface area contributed by atoms with Crippen LogP contribution in [0.2, 0.25) is 0 Å². The van der Waals surface area contributed by atoms with E-state index in [4.69, 9.17) is 0 Å². The third-order valence-electron chi connectivity index (χ3n) is 3.61. The molecule has 0 aliphatic heterocycles. The van der Waals surface area contributed by atoms with Crippen LogP contribution in [0.25, 0.3) is 0 Å². The molecular formula is C13H23NO2S2. The molecule has 104 valence electrons. The number of thiophene rings is 1. The third-order valence-corrected chi connectivity index (χ3v) is 7.06. The van der Waals surface area contributed by atoms with Gasteiger partial charge in [-0.25, -0.2) is 8.42 Å². The molecule has 0 spiro atoms. The van der Waals surface area contributed by atoms with E-state index in [1.807, 2.05) is 7.05 Å². The molecule has 0 aliphatic rings. The molecule has 1 rings (SSSR count). The van der Waals surface area contributed by atoms with E-state index in [0.717, 1.165) is 12.8 Å². The molecule has 0 saturated carbocycles. The normalized spacial score (nSPS) is 14.7. The van der Waals surface area contributed by atoms with Crippen molar-refractivity contribution in [3.05, 3.63) is 21.9 Å². The minimum Gasteiger partial charge on any atom is -0.315 e. The van der Waals surface area contributed by atoms with Gasteiger partial charge in [0.2, 0.25) is 0 Å². The van der Waals surface area contributed by atoms with E-state index < -0.39 is 14.6 Å². The molecule has 1 aromatic rings. The first-order valence-electron chi connectivity index (χ1n) is 6.16. The van der Waals surface area contributed by atoms with Crippen LogP contribution in [-0.2, 0) is 22.7 Å². The number of aryl methyl sites for hydroxylation is 1. The summed E-state index contributed by atoms with van der Waals surface area (Å²) in [5, 5.41) is 3.15. The van der Waals surface area contributed by atoms with Crippen molar-refractivity contribution in [2.24, 2.45) is 0 Å². The van der Waals surface area contributed by atoms with Crippen molar-refractivity contribution < 1.29 is 8.42 Å². The Kier molecular flexibility index (Phi) is 4.98. The van der Waals surface area contributed by atoms with Crippen molar-refractivity contribution in [2.75, 3.05) is 13.3 Å². The van der Waals surface area contributed by atoms with Crippen LogP contribution in [0.5, 0.6) is 0 Å². The van der Waals surface area contributed by atoms with Crippen molar-refractivity contribution in [3.63, 3.8) is 0 Å². The fourth-order valence-electron chi connectivity index (χ4n) is 1.88. The highest BCUT2D eigenvalue weighted by atomic mass is 32.2.